The first-order chi connectivity index (χ1) is 16.7. The van der Waals surface area contributed by atoms with Crippen LogP contribution in [-0.2, 0) is 19.1 Å². The van der Waals surface area contributed by atoms with Crippen molar-refractivity contribution in [3.8, 4) is 11.5 Å². The molecule has 4 atom stereocenters. The molecule has 1 N–H and O–H groups in total. The maximum Gasteiger partial charge on any atom is 0.329 e. The second-order valence-corrected chi connectivity index (χ2v) is 9.45. The highest BCUT2D eigenvalue weighted by Gasteiger charge is 2.35. The van der Waals surface area contributed by atoms with E-state index in [9.17, 15) is 14.4 Å². The zero-order valence-corrected chi connectivity index (χ0v) is 21.8. The number of esters is 2. The summed E-state index contributed by atoms with van der Waals surface area (Å²) in [4.78, 5) is 41.8. The quantitative estimate of drug-likeness (QED) is 0.486. The molecule has 1 aromatic rings. The van der Waals surface area contributed by atoms with Crippen LogP contribution in [0.3, 0.4) is 0 Å². The van der Waals surface area contributed by atoms with Crippen LogP contribution in [0.1, 0.15) is 83.6 Å². The minimum absolute atomic E-state index is 0.0911. The third kappa shape index (κ3) is 8.49. The minimum atomic E-state index is -0.862. The van der Waals surface area contributed by atoms with Gasteiger partial charge in [-0.1, -0.05) is 33.6 Å². The van der Waals surface area contributed by atoms with Gasteiger partial charge in [-0.2, -0.15) is 0 Å². The van der Waals surface area contributed by atoms with Gasteiger partial charge in [-0.05, 0) is 44.4 Å². The first kappa shape index (κ1) is 28.6. The van der Waals surface area contributed by atoms with Gasteiger partial charge in [0.25, 0.3) is 5.91 Å². The fraction of sp³-hybridized carbons (Fsp3) is 0.692. The minimum Gasteiger partial charge on any atom is -0.493 e. The van der Waals surface area contributed by atoms with E-state index in [4.69, 9.17) is 18.9 Å². The van der Waals surface area contributed by atoms with E-state index in [1.165, 1.54) is 26.3 Å². The first-order valence-electron chi connectivity index (χ1n) is 12.5. The molecule has 1 saturated heterocycles. The van der Waals surface area contributed by atoms with E-state index in [1.54, 1.807) is 0 Å². The maximum atomic E-state index is 13.1. The molecule has 35 heavy (non-hydrogen) atoms. The number of methoxy groups -OCH3 is 1. The largest absolute Gasteiger partial charge is 0.493 e. The van der Waals surface area contributed by atoms with Crippen molar-refractivity contribution < 1.29 is 33.3 Å². The molecule has 0 unspecified atom stereocenters. The Labute approximate surface area is 208 Å². The molecule has 1 fully saturated rings. The van der Waals surface area contributed by atoms with Crippen molar-refractivity contribution in [1.29, 1.82) is 0 Å². The Hall–Kier alpha value is -2.68. The topological polar surface area (TPSA) is 113 Å². The number of ether oxygens (including phenoxy) is 4. The Balaban J connectivity index is 2.22. The Bertz CT molecular complexity index is 858. The molecule has 2 heterocycles. The van der Waals surface area contributed by atoms with Crippen LogP contribution in [0.15, 0.2) is 12.3 Å². The average molecular weight is 493 g/mol. The first-order valence-corrected chi connectivity index (χ1v) is 12.5. The number of nitrogens with one attached hydrogen (secondary N) is 1. The van der Waals surface area contributed by atoms with E-state index >= 15 is 0 Å². The van der Waals surface area contributed by atoms with Crippen LogP contribution >= 0.6 is 0 Å². The Morgan fingerprint density at radius 2 is 2.03 bits per heavy atom. The van der Waals surface area contributed by atoms with Gasteiger partial charge in [0.1, 0.15) is 12.1 Å². The molecule has 1 aliphatic heterocycles. The summed E-state index contributed by atoms with van der Waals surface area (Å²) in [6.45, 7) is 10.1. The summed E-state index contributed by atoms with van der Waals surface area (Å²) in [6.07, 6.45) is 5.68. The van der Waals surface area contributed by atoms with Crippen molar-refractivity contribution in [2.24, 2.45) is 11.8 Å². The fourth-order valence-corrected chi connectivity index (χ4v) is 4.32. The normalized spacial score (nSPS) is 23.0. The van der Waals surface area contributed by atoms with Gasteiger partial charge in [0, 0.05) is 25.8 Å². The van der Waals surface area contributed by atoms with Gasteiger partial charge < -0.3 is 24.3 Å². The van der Waals surface area contributed by atoms with Crippen LogP contribution in [0.4, 0.5) is 0 Å². The molecule has 0 aromatic carbocycles. The molecule has 9 heteroatoms. The van der Waals surface area contributed by atoms with Crippen LogP contribution in [0.5, 0.6) is 11.5 Å². The number of cyclic esters (lactones) is 1. The van der Waals surface area contributed by atoms with Gasteiger partial charge in [-0.15, -0.1) is 0 Å². The average Bonchev–Trinajstić information content (AvgIpc) is 2.85. The van der Waals surface area contributed by atoms with Crippen molar-refractivity contribution >= 4 is 17.8 Å². The lowest BCUT2D eigenvalue weighted by atomic mass is 9.86. The number of rotatable bonds is 10. The van der Waals surface area contributed by atoms with Crippen LogP contribution in [-0.4, -0.2) is 54.8 Å². The maximum absolute atomic E-state index is 13.1. The molecule has 0 saturated carbocycles. The van der Waals surface area contributed by atoms with Crippen molar-refractivity contribution in [3.05, 3.63) is 18.0 Å². The predicted molar refractivity (Wildman–Crippen MR) is 130 cm³/mol. The summed E-state index contributed by atoms with van der Waals surface area (Å²) in [7, 11) is 1.40. The number of hydrogen-bond acceptors (Lipinski definition) is 8. The van der Waals surface area contributed by atoms with E-state index in [0.29, 0.717) is 18.9 Å². The van der Waals surface area contributed by atoms with Gasteiger partial charge >= 0.3 is 11.9 Å². The number of amides is 1. The number of carbonyl (C=O) groups is 3. The van der Waals surface area contributed by atoms with E-state index in [2.05, 4.69) is 31.1 Å². The van der Waals surface area contributed by atoms with E-state index < -0.39 is 30.0 Å². The van der Waals surface area contributed by atoms with Crippen molar-refractivity contribution in [2.75, 3.05) is 13.7 Å². The molecule has 0 spiro atoms. The van der Waals surface area contributed by atoms with Crippen molar-refractivity contribution in [2.45, 2.75) is 91.4 Å². The van der Waals surface area contributed by atoms with E-state index in [-0.39, 0.29) is 29.2 Å². The molecule has 0 aliphatic carbocycles. The van der Waals surface area contributed by atoms with Crippen LogP contribution in [0.2, 0.25) is 0 Å². The molecule has 0 radical (unpaired) electrons. The number of hydrogen-bond donors (Lipinski definition) is 1. The molecular weight excluding hydrogens is 452 g/mol. The van der Waals surface area contributed by atoms with Crippen LogP contribution in [0, 0.1) is 11.8 Å². The Kier molecular flexibility index (Phi) is 11.4. The molecule has 9 nitrogen and oxygen atoms in total. The van der Waals surface area contributed by atoms with Crippen molar-refractivity contribution in [1.82, 2.24) is 10.3 Å². The van der Waals surface area contributed by atoms with Crippen LogP contribution in [0.25, 0.3) is 0 Å². The monoisotopic (exact) mass is 492 g/mol. The summed E-state index contributed by atoms with van der Waals surface area (Å²) >= 11 is 0. The molecule has 1 aliphatic rings. The van der Waals surface area contributed by atoms with Gasteiger partial charge in [0.05, 0.1) is 13.2 Å². The van der Waals surface area contributed by atoms with Gasteiger partial charge in [0.15, 0.2) is 11.4 Å². The third-order valence-electron chi connectivity index (χ3n) is 6.07. The number of nitrogens with zero attached hydrogens (tertiary/aromatic N) is 1. The molecular formula is C26H40N2O7. The van der Waals surface area contributed by atoms with E-state index in [1.807, 2.05) is 6.92 Å². The summed E-state index contributed by atoms with van der Waals surface area (Å²) in [5.74, 6) is -0.854. The van der Waals surface area contributed by atoms with Gasteiger partial charge in [-0.3, -0.25) is 9.59 Å². The standard InChI is InChI=1S/C26H40N2O7/c1-7-15-33-23-17(4)34-26(31)20(10-8-9-19(23)12-11-16(2)3)28-25(30)22-24(35-18(5)29)21(32-6)13-14-27-22/h13-14,16-17,19-20,23H,7-12,15H2,1-6H3,(H,28,30)/t17-,19+,20-,23-/m0/s1. The highest BCUT2D eigenvalue weighted by molar-refractivity contribution is 5.98. The highest BCUT2D eigenvalue weighted by atomic mass is 16.6. The van der Waals surface area contributed by atoms with Crippen LogP contribution < -0.4 is 14.8 Å². The molecule has 2 rings (SSSR count). The predicted octanol–water partition coefficient (Wildman–Crippen LogP) is 4.08. The SMILES string of the molecule is CCCO[C@@H]1[C@@H](CCC(C)C)CCC[C@H](NC(=O)c2nccc(OC)c2OC(C)=O)C(=O)O[C@H]1C. The lowest BCUT2D eigenvalue weighted by molar-refractivity contribution is -0.161. The van der Waals surface area contributed by atoms with Gasteiger partial charge in [0.2, 0.25) is 5.75 Å². The fourth-order valence-electron chi connectivity index (χ4n) is 4.32. The molecule has 0 bridgehead atoms. The van der Waals surface area contributed by atoms with E-state index in [0.717, 1.165) is 32.1 Å². The smallest absolute Gasteiger partial charge is 0.329 e. The molecule has 1 aromatic heterocycles. The third-order valence-corrected chi connectivity index (χ3v) is 6.07. The zero-order chi connectivity index (χ0) is 26.0. The number of carbonyl (C=O) groups excluding carboxylic acids is 3. The summed E-state index contributed by atoms with van der Waals surface area (Å²) in [5, 5.41) is 2.73. The second kappa shape index (κ2) is 14.0. The van der Waals surface area contributed by atoms with Crippen molar-refractivity contribution in [3.63, 3.8) is 0 Å². The lowest BCUT2D eigenvalue weighted by Crippen LogP contribution is -2.44. The molecule has 196 valence electrons. The van der Waals surface area contributed by atoms with Gasteiger partial charge in [-0.25, -0.2) is 9.78 Å². The summed E-state index contributed by atoms with van der Waals surface area (Å²) < 4.78 is 22.3. The number of pyridine rings is 1. The zero-order valence-electron chi connectivity index (χ0n) is 21.8. The number of aromatic nitrogens is 1. The Morgan fingerprint density at radius 1 is 1.29 bits per heavy atom. The summed E-state index contributed by atoms with van der Waals surface area (Å²) in [5.41, 5.74) is -0.140. The highest BCUT2D eigenvalue weighted by Crippen LogP contribution is 2.31. The second-order valence-electron chi connectivity index (χ2n) is 9.45. The molecule has 1 amide bonds. The summed E-state index contributed by atoms with van der Waals surface area (Å²) in [6, 6.07) is 0.623. The lowest BCUT2D eigenvalue weighted by Gasteiger charge is -2.31. The Morgan fingerprint density at radius 3 is 2.66 bits per heavy atom.